The summed E-state index contributed by atoms with van der Waals surface area (Å²) in [5.41, 5.74) is 4.98. The van der Waals surface area contributed by atoms with Crippen molar-refractivity contribution in [3.8, 4) is 11.3 Å². The van der Waals surface area contributed by atoms with E-state index in [4.69, 9.17) is 21.4 Å². The summed E-state index contributed by atoms with van der Waals surface area (Å²) >= 11 is 6.43. The highest BCUT2D eigenvalue weighted by Crippen LogP contribution is 2.29. The SMILES string of the molecule is CO[n+]1cccc(-c2nc3c(Cl)cccc3cc2CNc2ncnc3cccnc23)c1. The fourth-order valence-electron chi connectivity index (χ4n) is 3.50. The number of nitrogens with one attached hydrogen (secondary N) is 1. The van der Waals surface area contributed by atoms with Crippen LogP contribution in [0.5, 0.6) is 0 Å². The molecule has 5 aromatic rings. The van der Waals surface area contributed by atoms with Gasteiger partial charge < -0.3 is 5.32 Å². The van der Waals surface area contributed by atoms with Crippen LogP contribution in [0.4, 0.5) is 5.82 Å². The van der Waals surface area contributed by atoms with E-state index in [1.807, 2.05) is 54.9 Å². The van der Waals surface area contributed by atoms with Crippen molar-refractivity contribution in [2.24, 2.45) is 0 Å². The lowest BCUT2D eigenvalue weighted by molar-refractivity contribution is -0.885. The smallest absolute Gasteiger partial charge is 0.231 e. The van der Waals surface area contributed by atoms with Crippen LogP contribution in [0.3, 0.4) is 0 Å². The molecular formula is C23H18ClN6O+. The van der Waals surface area contributed by atoms with Gasteiger partial charge in [-0.3, -0.25) is 9.82 Å². The first kappa shape index (κ1) is 19.1. The Morgan fingerprint density at radius 2 is 1.97 bits per heavy atom. The molecule has 0 aliphatic heterocycles. The first-order valence-corrected chi connectivity index (χ1v) is 10.0. The number of fused-ring (bicyclic) bond motifs is 2. The Morgan fingerprint density at radius 3 is 2.87 bits per heavy atom. The van der Waals surface area contributed by atoms with Crippen molar-refractivity contribution in [2.75, 3.05) is 12.4 Å². The molecule has 0 unspecified atom stereocenters. The minimum atomic E-state index is 0.495. The first-order chi connectivity index (χ1) is 15.2. The molecule has 7 nitrogen and oxygen atoms in total. The predicted octanol–water partition coefficient (Wildman–Crippen LogP) is 3.85. The lowest BCUT2D eigenvalue weighted by atomic mass is 10.0. The molecule has 4 aromatic heterocycles. The van der Waals surface area contributed by atoms with Gasteiger partial charge in [-0.05, 0) is 35.9 Å². The lowest BCUT2D eigenvalue weighted by Crippen LogP contribution is -2.39. The third kappa shape index (κ3) is 3.71. The molecule has 4 heterocycles. The Balaban J connectivity index is 1.61. The van der Waals surface area contributed by atoms with Crippen molar-refractivity contribution < 1.29 is 9.57 Å². The number of benzene rings is 1. The molecule has 0 amide bonds. The fourth-order valence-corrected chi connectivity index (χ4v) is 3.72. The number of hydrogen-bond donors (Lipinski definition) is 1. The molecule has 0 bridgehead atoms. The van der Waals surface area contributed by atoms with Crippen molar-refractivity contribution in [3.63, 3.8) is 0 Å². The van der Waals surface area contributed by atoms with Gasteiger partial charge in [0.1, 0.15) is 19.0 Å². The van der Waals surface area contributed by atoms with E-state index in [2.05, 4.69) is 26.3 Å². The molecule has 5 rings (SSSR count). The van der Waals surface area contributed by atoms with Crippen molar-refractivity contribution >= 4 is 39.4 Å². The van der Waals surface area contributed by atoms with E-state index in [1.54, 1.807) is 18.0 Å². The summed E-state index contributed by atoms with van der Waals surface area (Å²) in [6, 6.07) is 15.5. The van der Waals surface area contributed by atoms with Crippen molar-refractivity contribution in [2.45, 2.75) is 6.54 Å². The van der Waals surface area contributed by atoms with E-state index in [1.165, 1.54) is 6.33 Å². The maximum Gasteiger partial charge on any atom is 0.231 e. The standard InChI is InChI=1S/C23H18ClN6O/c1-31-30-10-4-6-16(13-30)20-17(11-15-5-2-7-18(24)21(15)29-20)12-26-23-22-19(27-14-28-23)8-3-9-25-22/h2-11,13-14H,12H2,1H3,(H,26,27,28)/q+1. The second kappa shape index (κ2) is 8.12. The van der Waals surface area contributed by atoms with E-state index in [0.29, 0.717) is 17.4 Å². The van der Waals surface area contributed by atoms with Gasteiger partial charge in [-0.25, -0.2) is 15.0 Å². The maximum absolute atomic E-state index is 6.43. The molecule has 1 aromatic carbocycles. The number of nitrogens with zero attached hydrogens (tertiary/aromatic N) is 5. The predicted molar refractivity (Wildman–Crippen MR) is 120 cm³/mol. The molecular weight excluding hydrogens is 412 g/mol. The van der Waals surface area contributed by atoms with E-state index >= 15 is 0 Å². The van der Waals surface area contributed by atoms with Crippen LogP contribution in [0.2, 0.25) is 5.02 Å². The van der Waals surface area contributed by atoms with Gasteiger partial charge in [0.15, 0.2) is 5.82 Å². The summed E-state index contributed by atoms with van der Waals surface area (Å²) in [5.74, 6) is 0.669. The molecule has 0 atom stereocenters. The number of aromatic nitrogens is 5. The van der Waals surface area contributed by atoms with Gasteiger partial charge >= 0.3 is 0 Å². The van der Waals surface area contributed by atoms with Crippen molar-refractivity contribution in [3.05, 3.63) is 84.0 Å². The highest BCUT2D eigenvalue weighted by molar-refractivity contribution is 6.35. The van der Waals surface area contributed by atoms with Gasteiger partial charge in [-0.1, -0.05) is 23.7 Å². The number of pyridine rings is 3. The Kier molecular flexibility index (Phi) is 5.01. The highest BCUT2D eigenvalue weighted by Gasteiger charge is 2.15. The third-order valence-electron chi connectivity index (χ3n) is 4.98. The number of rotatable bonds is 5. The monoisotopic (exact) mass is 429 g/mol. The molecule has 0 aliphatic carbocycles. The molecule has 0 saturated heterocycles. The Labute approximate surface area is 183 Å². The summed E-state index contributed by atoms with van der Waals surface area (Å²) in [6.07, 6.45) is 6.98. The average molecular weight is 430 g/mol. The zero-order valence-corrected chi connectivity index (χ0v) is 17.4. The van der Waals surface area contributed by atoms with Crippen molar-refractivity contribution in [1.82, 2.24) is 19.9 Å². The van der Waals surface area contributed by atoms with Crippen LogP contribution in [0, 0.1) is 0 Å². The first-order valence-electron chi connectivity index (χ1n) is 9.67. The maximum atomic E-state index is 6.43. The number of hydrogen-bond acceptors (Lipinski definition) is 6. The van der Waals surface area contributed by atoms with Crippen LogP contribution in [0.15, 0.2) is 73.4 Å². The lowest BCUT2D eigenvalue weighted by Gasteiger charge is -2.13. The van der Waals surface area contributed by atoms with Gasteiger partial charge in [-0.2, -0.15) is 0 Å². The zero-order chi connectivity index (χ0) is 21.2. The molecule has 0 aliphatic rings. The summed E-state index contributed by atoms with van der Waals surface area (Å²) in [5, 5.41) is 4.98. The summed E-state index contributed by atoms with van der Waals surface area (Å²) in [4.78, 5) is 23.3. The molecule has 0 saturated carbocycles. The van der Waals surface area contributed by atoms with Gasteiger partial charge in [0.2, 0.25) is 12.4 Å². The normalized spacial score (nSPS) is 11.0. The highest BCUT2D eigenvalue weighted by atomic mass is 35.5. The molecule has 0 spiro atoms. The van der Waals surface area contributed by atoms with Gasteiger partial charge in [0.25, 0.3) is 0 Å². The number of anilines is 1. The number of halogens is 1. The van der Waals surface area contributed by atoms with Crippen LogP contribution in [0.1, 0.15) is 5.56 Å². The van der Waals surface area contributed by atoms with E-state index in [9.17, 15) is 0 Å². The quantitative estimate of drug-likeness (QED) is 0.428. The van der Waals surface area contributed by atoms with E-state index < -0.39 is 0 Å². The minimum absolute atomic E-state index is 0.495. The molecule has 8 heteroatoms. The van der Waals surface area contributed by atoms with Crippen LogP contribution < -0.4 is 14.9 Å². The summed E-state index contributed by atoms with van der Waals surface area (Å²) in [6.45, 7) is 0.495. The van der Waals surface area contributed by atoms with Crippen LogP contribution in [-0.4, -0.2) is 27.0 Å². The largest absolute Gasteiger partial charge is 0.364 e. The summed E-state index contributed by atoms with van der Waals surface area (Å²) < 4.78 is 1.63. The molecule has 1 N–H and O–H groups in total. The average Bonchev–Trinajstić information content (AvgIpc) is 2.82. The summed E-state index contributed by atoms with van der Waals surface area (Å²) in [7, 11) is 1.62. The molecule has 0 radical (unpaired) electrons. The molecule has 0 fully saturated rings. The number of para-hydroxylation sites is 1. The third-order valence-corrected chi connectivity index (χ3v) is 5.28. The Bertz CT molecular complexity index is 1400. The van der Waals surface area contributed by atoms with E-state index in [0.717, 1.165) is 38.8 Å². The molecule has 31 heavy (non-hydrogen) atoms. The fraction of sp³-hybridized carbons (Fsp3) is 0.0870. The topological polar surface area (TPSA) is 76.7 Å². The van der Waals surface area contributed by atoms with Crippen LogP contribution >= 0.6 is 11.6 Å². The van der Waals surface area contributed by atoms with Gasteiger partial charge in [-0.15, -0.1) is 0 Å². The van der Waals surface area contributed by atoms with Crippen LogP contribution in [0.25, 0.3) is 33.2 Å². The zero-order valence-electron chi connectivity index (χ0n) is 16.7. The Hall–Kier alpha value is -3.84. The Morgan fingerprint density at radius 1 is 1.03 bits per heavy atom. The van der Waals surface area contributed by atoms with Gasteiger partial charge in [0, 0.05) is 28.9 Å². The minimum Gasteiger partial charge on any atom is -0.364 e. The second-order valence-corrected chi connectivity index (χ2v) is 7.30. The van der Waals surface area contributed by atoms with Crippen LogP contribution in [-0.2, 0) is 6.54 Å². The van der Waals surface area contributed by atoms with E-state index in [-0.39, 0.29) is 0 Å². The van der Waals surface area contributed by atoms with Gasteiger partial charge in [0.05, 0.1) is 27.3 Å². The second-order valence-electron chi connectivity index (χ2n) is 6.89. The van der Waals surface area contributed by atoms with Crippen molar-refractivity contribution in [1.29, 1.82) is 0 Å². The molecule has 152 valence electrons.